The zero-order valence-electron chi connectivity index (χ0n) is 17.1. The number of aromatic nitrogens is 4. The number of methoxy groups -OCH3 is 1. The average molecular weight is 429 g/mol. The van der Waals surface area contributed by atoms with E-state index in [1.54, 1.807) is 48.5 Å². The standard InChI is InChI=1S/C23H19N5O4/c1-31-21-5-3-2-4-20(21)23(30)25-17-8-12-19(13-9-17)32-22(29)14-16-6-10-18(11-7-16)28-15-24-26-27-28/h2-13,15H,14H2,1H3,(H,25,30). The van der Waals surface area contributed by atoms with Crippen LogP contribution in [0.15, 0.2) is 79.1 Å². The van der Waals surface area contributed by atoms with Crippen molar-refractivity contribution >= 4 is 17.6 Å². The highest BCUT2D eigenvalue weighted by atomic mass is 16.5. The molecule has 1 amide bonds. The predicted molar refractivity (Wildman–Crippen MR) is 116 cm³/mol. The highest BCUT2D eigenvalue weighted by Gasteiger charge is 2.12. The van der Waals surface area contributed by atoms with Gasteiger partial charge in [0.2, 0.25) is 0 Å². The summed E-state index contributed by atoms with van der Waals surface area (Å²) in [4.78, 5) is 24.7. The van der Waals surface area contributed by atoms with Gasteiger partial charge in [0.15, 0.2) is 0 Å². The minimum absolute atomic E-state index is 0.113. The van der Waals surface area contributed by atoms with Crippen LogP contribution in [0, 0.1) is 0 Å². The summed E-state index contributed by atoms with van der Waals surface area (Å²) in [5.74, 6) is 0.181. The first-order valence-corrected chi connectivity index (χ1v) is 9.70. The quantitative estimate of drug-likeness (QED) is 0.355. The minimum atomic E-state index is -0.397. The normalized spacial score (nSPS) is 10.4. The van der Waals surface area contributed by atoms with E-state index in [0.717, 1.165) is 11.3 Å². The van der Waals surface area contributed by atoms with Gasteiger partial charge >= 0.3 is 5.97 Å². The summed E-state index contributed by atoms with van der Waals surface area (Å²) in [5, 5.41) is 13.8. The van der Waals surface area contributed by atoms with Gasteiger partial charge in [0.1, 0.15) is 17.8 Å². The Bertz CT molecular complexity index is 1210. The summed E-state index contributed by atoms with van der Waals surface area (Å²) < 4.78 is 12.1. The second-order valence-electron chi connectivity index (χ2n) is 6.75. The lowest BCUT2D eigenvalue weighted by Gasteiger charge is -2.10. The third-order valence-corrected chi connectivity index (χ3v) is 4.59. The topological polar surface area (TPSA) is 108 Å². The number of rotatable bonds is 7. The maximum Gasteiger partial charge on any atom is 0.315 e. The molecule has 0 aliphatic rings. The molecule has 0 saturated heterocycles. The largest absolute Gasteiger partial charge is 0.496 e. The third-order valence-electron chi connectivity index (χ3n) is 4.59. The number of ether oxygens (including phenoxy) is 2. The van der Waals surface area contributed by atoms with Crippen LogP contribution in [0.25, 0.3) is 5.69 Å². The zero-order chi connectivity index (χ0) is 22.3. The predicted octanol–water partition coefficient (Wildman–Crippen LogP) is 3.07. The van der Waals surface area contributed by atoms with Gasteiger partial charge in [0, 0.05) is 5.69 Å². The first-order chi connectivity index (χ1) is 15.6. The third kappa shape index (κ3) is 4.96. The second-order valence-corrected chi connectivity index (χ2v) is 6.75. The molecule has 4 rings (SSSR count). The van der Waals surface area contributed by atoms with Gasteiger partial charge in [-0.15, -0.1) is 5.10 Å². The molecule has 1 N–H and O–H groups in total. The van der Waals surface area contributed by atoms with Gasteiger partial charge in [-0.05, 0) is 64.5 Å². The number of benzene rings is 3. The number of nitrogens with zero attached hydrogens (tertiary/aromatic N) is 4. The van der Waals surface area contributed by atoms with E-state index in [1.165, 1.54) is 18.1 Å². The lowest BCUT2D eigenvalue weighted by molar-refractivity contribution is -0.133. The van der Waals surface area contributed by atoms with Crippen LogP contribution in [-0.4, -0.2) is 39.2 Å². The lowest BCUT2D eigenvalue weighted by atomic mass is 10.1. The SMILES string of the molecule is COc1ccccc1C(=O)Nc1ccc(OC(=O)Cc2ccc(-n3cnnn3)cc2)cc1. The Labute approximate surface area is 183 Å². The molecule has 0 aliphatic carbocycles. The molecular weight excluding hydrogens is 410 g/mol. The number of hydrogen-bond acceptors (Lipinski definition) is 7. The number of carbonyl (C=O) groups excluding carboxylic acids is 2. The lowest BCUT2D eigenvalue weighted by Crippen LogP contribution is -2.13. The van der Waals surface area contributed by atoms with Crippen LogP contribution in [0.5, 0.6) is 11.5 Å². The van der Waals surface area contributed by atoms with Crippen LogP contribution in [0.4, 0.5) is 5.69 Å². The molecule has 3 aromatic carbocycles. The molecule has 0 radical (unpaired) electrons. The number of esters is 1. The monoisotopic (exact) mass is 429 g/mol. The summed E-state index contributed by atoms with van der Waals surface area (Å²) in [6.07, 6.45) is 1.61. The Kier molecular flexibility index (Phi) is 6.17. The Balaban J connectivity index is 1.33. The average Bonchev–Trinajstić information content (AvgIpc) is 3.36. The Morgan fingerprint density at radius 2 is 1.72 bits per heavy atom. The Hall–Kier alpha value is -4.53. The summed E-state index contributed by atoms with van der Waals surface area (Å²) in [6, 6.07) is 20.8. The highest BCUT2D eigenvalue weighted by Crippen LogP contribution is 2.21. The summed E-state index contributed by atoms with van der Waals surface area (Å²) in [6.45, 7) is 0. The van der Waals surface area contributed by atoms with Crippen LogP contribution >= 0.6 is 0 Å². The number of hydrogen-bond donors (Lipinski definition) is 1. The molecule has 9 nitrogen and oxygen atoms in total. The van der Waals surface area contributed by atoms with E-state index in [4.69, 9.17) is 9.47 Å². The molecule has 1 heterocycles. The van der Waals surface area contributed by atoms with Gasteiger partial charge in [0.25, 0.3) is 5.91 Å². The molecule has 1 aromatic heterocycles. The fourth-order valence-corrected chi connectivity index (χ4v) is 3.02. The Morgan fingerprint density at radius 3 is 2.41 bits per heavy atom. The van der Waals surface area contributed by atoms with Crippen molar-refractivity contribution in [2.45, 2.75) is 6.42 Å². The molecule has 0 aliphatic heterocycles. The van der Waals surface area contributed by atoms with E-state index in [9.17, 15) is 9.59 Å². The molecule has 32 heavy (non-hydrogen) atoms. The highest BCUT2D eigenvalue weighted by molar-refractivity contribution is 6.06. The van der Waals surface area contributed by atoms with Crippen molar-refractivity contribution in [3.8, 4) is 17.2 Å². The van der Waals surface area contributed by atoms with Crippen molar-refractivity contribution in [1.29, 1.82) is 0 Å². The first-order valence-electron chi connectivity index (χ1n) is 9.70. The number of carbonyl (C=O) groups is 2. The first kappa shape index (κ1) is 20.7. The number of nitrogens with one attached hydrogen (secondary N) is 1. The van der Waals surface area contributed by atoms with Crippen LogP contribution < -0.4 is 14.8 Å². The van der Waals surface area contributed by atoms with E-state index >= 15 is 0 Å². The zero-order valence-corrected chi connectivity index (χ0v) is 17.1. The fourth-order valence-electron chi connectivity index (χ4n) is 3.02. The summed E-state index contributed by atoms with van der Waals surface area (Å²) >= 11 is 0. The van der Waals surface area contributed by atoms with Crippen molar-refractivity contribution < 1.29 is 19.1 Å². The molecule has 9 heteroatoms. The number of para-hydroxylation sites is 1. The molecule has 0 spiro atoms. The maximum atomic E-state index is 12.5. The van der Waals surface area contributed by atoms with Crippen molar-refractivity contribution in [2.75, 3.05) is 12.4 Å². The fraction of sp³-hybridized carbons (Fsp3) is 0.0870. The maximum absolute atomic E-state index is 12.5. The van der Waals surface area contributed by atoms with Crippen molar-refractivity contribution in [3.63, 3.8) is 0 Å². The molecule has 0 fully saturated rings. The van der Waals surface area contributed by atoms with E-state index in [1.807, 2.05) is 24.3 Å². The van der Waals surface area contributed by atoms with E-state index in [-0.39, 0.29) is 12.3 Å². The summed E-state index contributed by atoms with van der Waals surface area (Å²) in [7, 11) is 1.51. The van der Waals surface area contributed by atoms with Gasteiger partial charge in [-0.3, -0.25) is 9.59 Å². The molecule has 0 atom stereocenters. The van der Waals surface area contributed by atoms with Gasteiger partial charge in [-0.2, -0.15) is 0 Å². The van der Waals surface area contributed by atoms with Crippen molar-refractivity contribution in [3.05, 3.63) is 90.3 Å². The van der Waals surface area contributed by atoms with E-state index < -0.39 is 5.97 Å². The van der Waals surface area contributed by atoms with Crippen LogP contribution in [0.1, 0.15) is 15.9 Å². The number of tetrazole rings is 1. The smallest absolute Gasteiger partial charge is 0.315 e. The van der Waals surface area contributed by atoms with Gasteiger partial charge in [0.05, 0.1) is 24.8 Å². The number of anilines is 1. The minimum Gasteiger partial charge on any atom is -0.496 e. The van der Waals surface area contributed by atoms with Gasteiger partial charge < -0.3 is 14.8 Å². The van der Waals surface area contributed by atoms with Crippen LogP contribution in [-0.2, 0) is 11.2 Å². The molecule has 0 saturated carbocycles. The molecule has 4 aromatic rings. The van der Waals surface area contributed by atoms with Crippen molar-refractivity contribution in [1.82, 2.24) is 20.2 Å². The van der Waals surface area contributed by atoms with Crippen molar-refractivity contribution in [2.24, 2.45) is 0 Å². The molecule has 0 bridgehead atoms. The van der Waals surface area contributed by atoms with E-state index in [0.29, 0.717) is 22.7 Å². The second kappa shape index (κ2) is 9.52. The Morgan fingerprint density at radius 1 is 0.969 bits per heavy atom. The van der Waals surface area contributed by atoms with Crippen LogP contribution in [0.2, 0.25) is 0 Å². The molecule has 0 unspecified atom stereocenters. The van der Waals surface area contributed by atoms with Gasteiger partial charge in [-0.25, -0.2) is 4.68 Å². The number of amides is 1. The van der Waals surface area contributed by atoms with E-state index in [2.05, 4.69) is 20.8 Å². The molecular formula is C23H19N5O4. The van der Waals surface area contributed by atoms with Crippen LogP contribution in [0.3, 0.4) is 0 Å². The molecule has 160 valence electrons. The summed E-state index contributed by atoms with van der Waals surface area (Å²) in [5.41, 5.74) is 2.58. The van der Waals surface area contributed by atoms with Gasteiger partial charge in [-0.1, -0.05) is 24.3 Å².